The lowest BCUT2D eigenvalue weighted by Crippen LogP contribution is -2.39. The van der Waals surface area contributed by atoms with Crippen molar-refractivity contribution in [2.75, 3.05) is 33.9 Å². The Balaban J connectivity index is 1.84. The number of nitrogens with one attached hydrogen (secondary N) is 1. The fourth-order valence-electron chi connectivity index (χ4n) is 3.10. The van der Waals surface area contributed by atoms with E-state index in [1.165, 1.54) is 4.90 Å². The summed E-state index contributed by atoms with van der Waals surface area (Å²) in [5.74, 6) is -0.411. The van der Waals surface area contributed by atoms with Gasteiger partial charge in [-0.05, 0) is 18.6 Å². The Morgan fingerprint density at radius 1 is 1.07 bits per heavy atom. The molecular weight excluding hydrogens is 366 g/mol. The molecule has 6 nitrogen and oxygen atoms in total. The predicted octanol–water partition coefficient (Wildman–Crippen LogP) is 3.13. The second-order valence-electron chi connectivity index (χ2n) is 6.80. The molecule has 0 aliphatic carbocycles. The number of fused-ring (bicyclic) bond motifs is 1. The van der Waals surface area contributed by atoms with Gasteiger partial charge in [0.15, 0.2) is 0 Å². The maximum absolute atomic E-state index is 13.2. The van der Waals surface area contributed by atoms with Crippen LogP contribution in [0.15, 0.2) is 60.7 Å². The molecule has 0 atom stereocenters. The van der Waals surface area contributed by atoms with Crippen LogP contribution in [0, 0.1) is 0 Å². The van der Waals surface area contributed by atoms with Gasteiger partial charge in [0, 0.05) is 38.3 Å². The minimum absolute atomic E-state index is 0.0108. The van der Waals surface area contributed by atoms with Crippen molar-refractivity contribution in [1.29, 1.82) is 0 Å². The number of hydrogen-bond donors (Lipinski definition) is 1. The molecule has 0 aliphatic rings. The van der Waals surface area contributed by atoms with Crippen molar-refractivity contribution in [3.63, 3.8) is 0 Å². The average Bonchev–Trinajstić information content (AvgIpc) is 2.76. The van der Waals surface area contributed by atoms with E-state index in [1.54, 1.807) is 20.2 Å². The number of aromatic nitrogens is 1. The summed E-state index contributed by atoms with van der Waals surface area (Å²) in [5.41, 5.74) is 2.94. The van der Waals surface area contributed by atoms with Gasteiger partial charge in [0.25, 0.3) is 5.91 Å². The molecule has 6 heteroatoms. The van der Waals surface area contributed by atoms with Crippen molar-refractivity contribution in [1.82, 2.24) is 15.2 Å². The average molecular weight is 391 g/mol. The molecular formula is C23H25N3O3. The number of methoxy groups -OCH3 is 1. The highest BCUT2D eigenvalue weighted by Crippen LogP contribution is 2.25. The molecule has 2 aromatic carbocycles. The van der Waals surface area contributed by atoms with Crippen LogP contribution in [0.1, 0.15) is 16.8 Å². The van der Waals surface area contributed by atoms with Crippen molar-refractivity contribution in [3.8, 4) is 11.3 Å². The van der Waals surface area contributed by atoms with E-state index in [9.17, 15) is 9.59 Å². The third kappa shape index (κ3) is 5.18. The van der Waals surface area contributed by atoms with Gasteiger partial charge in [-0.1, -0.05) is 48.5 Å². The first-order chi connectivity index (χ1) is 14.1. The number of nitrogens with zero attached hydrogens (tertiary/aromatic N) is 2. The number of hydrogen-bond acceptors (Lipinski definition) is 4. The fraction of sp³-hybridized carbons (Fsp3) is 0.261. The lowest BCUT2D eigenvalue weighted by atomic mass is 10.0. The predicted molar refractivity (Wildman–Crippen MR) is 114 cm³/mol. The van der Waals surface area contributed by atoms with Gasteiger partial charge in [0.05, 0.1) is 23.3 Å². The topological polar surface area (TPSA) is 71.5 Å². The zero-order valence-electron chi connectivity index (χ0n) is 16.7. The Bertz CT molecular complexity index is 989. The molecule has 0 bridgehead atoms. The summed E-state index contributed by atoms with van der Waals surface area (Å²) >= 11 is 0. The van der Waals surface area contributed by atoms with Crippen LogP contribution < -0.4 is 5.32 Å². The van der Waals surface area contributed by atoms with E-state index in [4.69, 9.17) is 9.72 Å². The van der Waals surface area contributed by atoms with Crippen molar-refractivity contribution >= 4 is 22.7 Å². The second kappa shape index (κ2) is 9.80. The minimum Gasteiger partial charge on any atom is -0.385 e. The molecule has 3 rings (SSSR count). The first-order valence-corrected chi connectivity index (χ1v) is 9.56. The van der Waals surface area contributed by atoms with Gasteiger partial charge >= 0.3 is 0 Å². The van der Waals surface area contributed by atoms with Gasteiger partial charge in [-0.2, -0.15) is 0 Å². The van der Waals surface area contributed by atoms with E-state index >= 15 is 0 Å². The molecule has 3 aromatic rings. The first-order valence-electron chi connectivity index (χ1n) is 9.56. The second-order valence-corrected chi connectivity index (χ2v) is 6.80. The molecule has 0 spiro atoms. The van der Waals surface area contributed by atoms with E-state index in [2.05, 4.69) is 5.32 Å². The zero-order chi connectivity index (χ0) is 20.6. The smallest absolute Gasteiger partial charge is 0.254 e. The van der Waals surface area contributed by atoms with Crippen LogP contribution in [-0.2, 0) is 9.53 Å². The SMILES string of the molecule is COCCCNC(=O)CN(C)C(=O)c1cc(-c2ccccc2)nc2ccccc12. The Hall–Kier alpha value is -3.25. The van der Waals surface area contributed by atoms with E-state index in [1.807, 2.05) is 54.6 Å². The summed E-state index contributed by atoms with van der Waals surface area (Å²) < 4.78 is 4.97. The van der Waals surface area contributed by atoms with Gasteiger partial charge < -0.3 is 15.0 Å². The Morgan fingerprint density at radius 2 is 1.79 bits per heavy atom. The Kier molecular flexibility index (Phi) is 6.92. The molecule has 1 heterocycles. The minimum atomic E-state index is -0.215. The molecule has 0 unspecified atom stereocenters. The summed E-state index contributed by atoms with van der Waals surface area (Å²) in [6, 6.07) is 19.1. The largest absolute Gasteiger partial charge is 0.385 e. The summed E-state index contributed by atoms with van der Waals surface area (Å²) in [7, 11) is 3.26. The number of carbonyl (C=O) groups excluding carboxylic acids is 2. The van der Waals surface area contributed by atoms with Crippen molar-refractivity contribution in [2.24, 2.45) is 0 Å². The Labute approximate surface area is 170 Å². The Morgan fingerprint density at radius 3 is 2.55 bits per heavy atom. The maximum atomic E-state index is 13.2. The van der Waals surface area contributed by atoms with Gasteiger partial charge in [0.2, 0.25) is 5.91 Å². The summed E-state index contributed by atoms with van der Waals surface area (Å²) in [6.07, 6.45) is 0.731. The normalized spacial score (nSPS) is 10.7. The monoisotopic (exact) mass is 391 g/mol. The fourth-order valence-corrected chi connectivity index (χ4v) is 3.10. The third-order valence-corrected chi connectivity index (χ3v) is 4.59. The molecule has 0 fully saturated rings. The molecule has 1 N–H and O–H groups in total. The molecule has 0 saturated heterocycles. The number of pyridine rings is 1. The van der Waals surface area contributed by atoms with Crippen molar-refractivity contribution in [2.45, 2.75) is 6.42 Å². The highest BCUT2D eigenvalue weighted by Gasteiger charge is 2.19. The molecule has 1 aromatic heterocycles. The zero-order valence-corrected chi connectivity index (χ0v) is 16.7. The molecule has 0 aliphatic heterocycles. The van der Waals surface area contributed by atoms with Crippen molar-refractivity contribution in [3.05, 3.63) is 66.2 Å². The molecule has 0 saturated carbocycles. The summed E-state index contributed by atoms with van der Waals surface area (Å²) in [5, 5.41) is 3.57. The maximum Gasteiger partial charge on any atom is 0.254 e. The van der Waals surface area contributed by atoms with E-state index in [-0.39, 0.29) is 18.4 Å². The van der Waals surface area contributed by atoms with Crippen LogP contribution >= 0.6 is 0 Å². The van der Waals surface area contributed by atoms with Crippen LogP contribution in [0.4, 0.5) is 0 Å². The highest BCUT2D eigenvalue weighted by molar-refractivity contribution is 6.07. The summed E-state index contributed by atoms with van der Waals surface area (Å²) in [6.45, 7) is 1.09. The van der Waals surface area contributed by atoms with Crippen LogP contribution in [-0.4, -0.2) is 55.6 Å². The van der Waals surface area contributed by atoms with Crippen LogP contribution in [0.3, 0.4) is 0 Å². The van der Waals surface area contributed by atoms with Gasteiger partial charge in [-0.25, -0.2) is 4.98 Å². The van der Waals surface area contributed by atoms with E-state index in [0.717, 1.165) is 28.6 Å². The lowest BCUT2D eigenvalue weighted by Gasteiger charge is -2.18. The number of likely N-dealkylation sites (N-methyl/N-ethyl adjacent to an activating group) is 1. The first kappa shape index (κ1) is 20.5. The molecule has 0 radical (unpaired) electrons. The third-order valence-electron chi connectivity index (χ3n) is 4.59. The van der Waals surface area contributed by atoms with Gasteiger partial charge in [0.1, 0.15) is 0 Å². The van der Waals surface area contributed by atoms with E-state index < -0.39 is 0 Å². The van der Waals surface area contributed by atoms with E-state index in [0.29, 0.717) is 18.7 Å². The highest BCUT2D eigenvalue weighted by atomic mass is 16.5. The molecule has 150 valence electrons. The lowest BCUT2D eigenvalue weighted by molar-refractivity contribution is -0.121. The summed E-state index contributed by atoms with van der Waals surface area (Å²) in [4.78, 5) is 31.4. The van der Waals surface area contributed by atoms with Gasteiger partial charge in [-0.3, -0.25) is 9.59 Å². The van der Waals surface area contributed by atoms with Crippen LogP contribution in [0.2, 0.25) is 0 Å². The standard InChI is InChI=1S/C23H25N3O3/c1-26(16-22(27)24-13-8-14-29-2)23(28)19-15-21(17-9-4-3-5-10-17)25-20-12-7-6-11-18(19)20/h3-7,9-12,15H,8,13-14,16H2,1-2H3,(H,24,27). The van der Waals surface area contributed by atoms with Crippen LogP contribution in [0.5, 0.6) is 0 Å². The van der Waals surface area contributed by atoms with Gasteiger partial charge in [-0.15, -0.1) is 0 Å². The quantitative estimate of drug-likeness (QED) is 0.599. The molecule has 29 heavy (non-hydrogen) atoms. The van der Waals surface area contributed by atoms with Crippen LogP contribution in [0.25, 0.3) is 22.2 Å². The molecule has 2 amide bonds. The number of para-hydroxylation sites is 1. The number of ether oxygens (including phenoxy) is 1. The number of amides is 2. The number of carbonyl (C=O) groups is 2. The van der Waals surface area contributed by atoms with Crippen molar-refractivity contribution < 1.29 is 14.3 Å². The number of benzene rings is 2. The number of rotatable bonds is 8.